The fraction of sp³-hybridized carbons (Fsp3) is 0.200. The van der Waals surface area contributed by atoms with Crippen LogP contribution < -0.4 is 0 Å². The SMILES string of the molecule is CC1=Cc2c(-c3cccc4c3ccc3ccccc34)ccc(C)c2[CH]1[Zr]([CH3])([CH3])(=[SiH2])[CH]1C(C(C)C)=Cc2c(-c3ccccc3)cccc21.Cl.Cl. The molecule has 248 valence electrons. The van der Waals surface area contributed by atoms with Gasteiger partial charge in [-0.3, -0.25) is 0 Å². The number of benzene rings is 6. The first-order valence-electron chi connectivity index (χ1n) is 17.2. The van der Waals surface area contributed by atoms with E-state index in [0.29, 0.717) is 13.2 Å². The predicted octanol–water partition coefficient (Wildman–Crippen LogP) is 13.1. The van der Waals surface area contributed by atoms with E-state index in [1.165, 1.54) is 60.5 Å². The predicted molar refractivity (Wildman–Crippen MR) is 220 cm³/mol. The topological polar surface area (TPSA) is 0 Å². The molecule has 0 aromatic heterocycles. The molecule has 6 aromatic carbocycles. The molecule has 0 saturated carbocycles. The Hall–Kier alpha value is -3.00. The molecule has 2 aliphatic carbocycles. The number of rotatable bonds is 5. The standard InChI is InChI=1S/C25H19.C18H17.2CH3.2ClH.H2Si.Zr/c1-16-14-24-17(2)10-12-23(25(24)15-16)21-9-5-8-20-19-7-4-3-6-18(19)11-13-22(20)21;1-13(2)16-11-15-9-6-10-17(18(15)12-16)14-7-4-3-5-8-14;;;;;;/h3-15H,1-2H3;3-13H,1-2H3;2*1H3;2*1H;1H2;. The van der Waals surface area contributed by atoms with E-state index in [-0.39, 0.29) is 24.8 Å². The van der Waals surface area contributed by atoms with Gasteiger partial charge < -0.3 is 0 Å². The minimum Gasteiger partial charge on any atom is -0.147 e. The molecule has 0 N–H and O–H groups in total. The van der Waals surface area contributed by atoms with Crippen molar-refractivity contribution in [2.75, 3.05) is 0 Å². The van der Waals surface area contributed by atoms with Gasteiger partial charge in [-0.2, -0.15) is 0 Å². The van der Waals surface area contributed by atoms with Crippen molar-refractivity contribution in [1.82, 2.24) is 0 Å². The third-order valence-electron chi connectivity index (χ3n) is 11.4. The summed E-state index contributed by atoms with van der Waals surface area (Å²) in [6.45, 7) is 12.1. The molecule has 0 spiro atoms. The summed E-state index contributed by atoms with van der Waals surface area (Å²) in [4.78, 5) is 0. The Morgan fingerprint density at radius 1 is 0.571 bits per heavy atom. The molecule has 0 fully saturated rings. The van der Waals surface area contributed by atoms with Crippen LogP contribution in [0, 0.1) is 12.8 Å². The third-order valence-corrected chi connectivity index (χ3v) is 29.0. The summed E-state index contributed by atoms with van der Waals surface area (Å²) in [5.41, 5.74) is 16.1. The summed E-state index contributed by atoms with van der Waals surface area (Å²) in [6.07, 6.45) is 5.17. The van der Waals surface area contributed by atoms with Crippen LogP contribution in [-0.2, 0) is 17.4 Å². The Balaban J connectivity index is 0.00000208. The van der Waals surface area contributed by atoms with Gasteiger partial charge in [0.25, 0.3) is 0 Å². The van der Waals surface area contributed by atoms with Gasteiger partial charge in [-0.25, -0.2) is 0 Å². The van der Waals surface area contributed by atoms with Gasteiger partial charge in [-0.1, -0.05) is 0 Å². The number of fused-ring (bicyclic) bond motifs is 5. The van der Waals surface area contributed by atoms with E-state index in [1.807, 2.05) is 0 Å². The van der Waals surface area contributed by atoms with Crippen molar-refractivity contribution in [2.45, 2.75) is 44.2 Å². The number of halogens is 2. The van der Waals surface area contributed by atoms with Gasteiger partial charge in [0.15, 0.2) is 0 Å². The van der Waals surface area contributed by atoms with Crippen LogP contribution in [0.15, 0.2) is 126 Å². The first-order valence-corrected chi connectivity index (χ1v) is 30.9. The van der Waals surface area contributed by atoms with Gasteiger partial charge in [0.2, 0.25) is 0 Å². The van der Waals surface area contributed by atoms with Crippen LogP contribution in [0.5, 0.6) is 0 Å². The number of hydrogen-bond donors (Lipinski definition) is 0. The number of allylic oxidation sites excluding steroid dienone is 2. The van der Waals surface area contributed by atoms with E-state index in [0.717, 1.165) is 0 Å². The largest absolute Gasteiger partial charge is 0.147 e. The fourth-order valence-electron chi connectivity index (χ4n) is 9.57. The molecule has 0 amide bonds. The van der Waals surface area contributed by atoms with Crippen LogP contribution in [0.3, 0.4) is 0 Å². The summed E-state index contributed by atoms with van der Waals surface area (Å²) < 4.78 is 6.54. The minimum atomic E-state index is -3.74. The molecule has 2 unspecified atom stereocenters. The molecule has 49 heavy (non-hydrogen) atoms. The molecule has 0 aliphatic heterocycles. The monoisotopic (exact) mass is 774 g/mol. The van der Waals surface area contributed by atoms with Crippen LogP contribution in [0.25, 0.3) is 56.0 Å². The van der Waals surface area contributed by atoms with Gasteiger partial charge in [-0.05, 0) is 0 Å². The molecular weight excluding hydrogens is 731 g/mol. The second-order valence-corrected chi connectivity index (χ2v) is 46.1. The van der Waals surface area contributed by atoms with Gasteiger partial charge in [0.1, 0.15) is 0 Å². The third kappa shape index (κ3) is 5.59. The molecule has 0 saturated heterocycles. The molecule has 6 aromatic rings. The average molecular weight is 777 g/mol. The van der Waals surface area contributed by atoms with Gasteiger partial charge in [0.05, 0.1) is 0 Å². The molecule has 0 nitrogen and oxygen atoms in total. The molecule has 8 rings (SSSR count). The first kappa shape index (κ1) is 35.8. The van der Waals surface area contributed by atoms with Crippen LogP contribution in [0.2, 0.25) is 9.26 Å². The molecule has 2 aliphatic rings. The Bertz CT molecular complexity index is 2390. The van der Waals surface area contributed by atoms with E-state index in [1.54, 1.807) is 22.3 Å². The summed E-state index contributed by atoms with van der Waals surface area (Å²) in [6, 6.07) is 43.2. The van der Waals surface area contributed by atoms with E-state index in [9.17, 15) is 0 Å². The van der Waals surface area contributed by atoms with Crippen molar-refractivity contribution in [2.24, 2.45) is 5.92 Å². The normalized spacial score (nSPS) is 16.9. The van der Waals surface area contributed by atoms with Crippen LogP contribution in [-0.4, -0.2) is 6.88 Å². The summed E-state index contributed by atoms with van der Waals surface area (Å²) in [5, 5.41) is 5.30. The zero-order valence-electron chi connectivity index (χ0n) is 29.4. The molecule has 2 atom stereocenters. The van der Waals surface area contributed by atoms with Crippen LogP contribution in [0.4, 0.5) is 0 Å². The zero-order chi connectivity index (χ0) is 32.7. The Morgan fingerprint density at radius 3 is 2.00 bits per heavy atom. The summed E-state index contributed by atoms with van der Waals surface area (Å²) >= 11 is -3.74. The first-order chi connectivity index (χ1) is 22.5. The summed E-state index contributed by atoms with van der Waals surface area (Å²) in [7, 11) is 0. The fourth-order valence-corrected chi connectivity index (χ4v) is 30.2. The molecular formula is C45H46Cl2SiZr. The second-order valence-electron chi connectivity index (χ2n) is 15.6. The molecule has 0 bridgehead atoms. The van der Waals surface area contributed by atoms with E-state index >= 15 is 0 Å². The van der Waals surface area contributed by atoms with E-state index in [2.05, 4.69) is 171 Å². The van der Waals surface area contributed by atoms with Crippen molar-refractivity contribution in [3.8, 4) is 22.3 Å². The van der Waals surface area contributed by atoms with Crippen molar-refractivity contribution in [1.29, 1.82) is 0 Å². The maximum atomic E-state index is 2.78. The van der Waals surface area contributed by atoms with E-state index in [4.69, 9.17) is 0 Å². The van der Waals surface area contributed by atoms with Crippen molar-refractivity contribution in [3.05, 3.63) is 154 Å². The van der Waals surface area contributed by atoms with Crippen molar-refractivity contribution in [3.63, 3.8) is 0 Å². The molecule has 0 heterocycles. The Kier molecular flexibility index (Phi) is 9.47. The number of hydrogen-bond acceptors (Lipinski definition) is 0. The Morgan fingerprint density at radius 2 is 1.24 bits per heavy atom. The smallest absolute Gasteiger partial charge is 0.147 e. The van der Waals surface area contributed by atoms with Crippen molar-refractivity contribution >= 4 is 65.4 Å². The van der Waals surface area contributed by atoms with Crippen molar-refractivity contribution < 1.29 is 17.4 Å². The zero-order valence-corrected chi connectivity index (χ0v) is 34.9. The van der Waals surface area contributed by atoms with Gasteiger partial charge >= 0.3 is 285 Å². The maximum Gasteiger partial charge on any atom is -0.147 e. The summed E-state index contributed by atoms with van der Waals surface area (Å²) in [5.74, 6) is 0.497. The second kappa shape index (κ2) is 13.0. The van der Waals surface area contributed by atoms with Crippen LogP contribution >= 0.6 is 24.8 Å². The Labute approximate surface area is 307 Å². The number of aryl methyl sites for hydroxylation is 1. The molecule has 0 radical (unpaired) electrons. The molecule has 4 heteroatoms. The van der Waals surface area contributed by atoms with Crippen LogP contribution in [0.1, 0.15) is 55.8 Å². The maximum absolute atomic E-state index is 3.74. The van der Waals surface area contributed by atoms with E-state index < -0.39 is 17.4 Å². The van der Waals surface area contributed by atoms with Gasteiger partial charge in [0, 0.05) is 0 Å². The van der Waals surface area contributed by atoms with Gasteiger partial charge in [-0.15, -0.1) is 24.8 Å². The minimum absolute atomic E-state index is 0. The average Bonchev–Trinajstić information content (AvgIpc) is 3.65. The quantitative estimate of drug-likeness (QED) is 0.121.